The lowest BCUT2D eigenvalue weighted by Gasteiger charge is -2.20. The van der Waals surface area contributed by atoms with Crippen LogP contribution in [0.2, 0.25) is 0 Å². The summed E-state index contributed by atoms with van der Waals surface area (Å²) in [6.07, 6.45) is -1.59. The van der Waals surface area contributed by atoms with Crippen molar-refractivity contribution in [3.8, 4) is 0 Å². The van der Waals surface area contributed by atoms with Gasteiger partial charge >= 0.3 is 6.18 Å². The highest BCUT2D eigenvalue weighted by Gasteiger charge is 2.34. The van der Waals surface area contributed by atoms with Gasteiger partial charge in [0.2, 0.25) is 0 Å². The minimum absolute atomic E-state index is 0. The largest absolute Gasteiger partial charge is 0.401 e. The van der Waals surface area contributed by atoms with E-state index in [0.717, 1.165) is 11.1 Å². The van der Waals surface area contributed by atoms with Gasteiger partial charge in [0.1, 0.15) is 5.82 Å². The van der Waals surface area contributed by atoms with Crippen LogP contribution in [-0.4, -0.2) is 56.0 Å². The Kier molecular flexibility index (Phi) is 10.2. The van der Waals surface area contributed by atoms with Crippen molar-refractivity contribution in [3.05, 3.63) is 35.1 Å². The van der Waals surface area contributed by atoms with Gasteiger partial charge in [-0.15, -0.1) is 24.0 Å². The summed E-state index contributed by atoms with van der Waals surface area (Å²) in [7, 11) is 1.62. The topological polar surface area (TPSA) is 39.7 Å². The van der Waals surface area contributed by atoms with E-state index in [2.05, 4.69) is 15.6 Å². The van der Waals surface area contributed by atoms with Crippen LogP contribution in [0.4, 0.5) is 17.6 Å². The molecule has 1 heterocycles. The molecular weight excluding hydrogens is 495 g/mol. The molecule has 1 unspecified atom stereocenters. The summed E-state index contributed by atoms with van der Waals surface area (Å²) in [5, 5.41) is 6.33. The van der Waals surface area contributed by atoms with Gasteiger partial charge in [0, 0.05) is 38.5 Å². The van der Waals surface area contributed by atoms with Crippen LogP contribution in [0.15, 0.2) is 23.2 Å². The molecule has 1 aliphatic heterocycles. The fourth-order valence-electron chi connectivity index (χ4n) is 2.97. The molecular formula is C17H25F4IN4S. The zero-order valence-electron chi connectivity index (χ0n) is 15.3. The van der Waals surface area contributed by atoms with E-state index >= 15 is 0 Å². The van der Waals surface area contributed by atoms with E-state index in [-0.39, 0.29) is 35.8 Å². The summed E-state index contributed by atoms with van der Waals surface area (Å²) in [6, 6.07) is 4.60. The second-order valence-corrected chi connectivity index (χ2v) is 7.12. The summed E-state index contributed by atoms with van der Waals surface area (Å²) >= 11 is 1.61. The van der Waals surface area contributed by atoms with Gasteiger partial charge in [-0.1, -0.05) is 6.07 Å². The molecule has 0 radical (unpaired) electrons. The minimum Gasteiger partial charge on any atom is -0.352 e. The molecule has 0 amide bonds. The molecule has 27 heavy (non-hydrogen) atoms. The first kappa shape index (κ1) is 24.3. The molecule has 0 spiro atoms. The van der Waals surface area contributed by atoms with Gasteiger partial charge in [-0.05, 0) is 35.9 Å². The van der Waals surface area contributed by atoms with E-state index in [1.807, 2.05) is 6.26 Å². The Labute approximate surface area is 178 Å². The number of hydrogen-bond acceptors (Lipinski definition) is 3. The Balaban J connectivity index is 0.00000364. The molecule has 2 rings (SSSR count). The van der Waals surface area contributed by atoms with Crippen molar-refractivity contribution < 1.29 is 17.6 Å². The van der Waals surface area contributed by atoms with Gasteiger partial charge in [-0.25, -0.2) is 4.39 Å². The van der Waals surface area contributed by atoms with Crippen LogP contribution in [0.5, 0.6) is 0 Å². The maximum atomic E-state index is 13.4. The highest BCUT2D eigenvalue weighted by Crippen LogP contribution is 2.20. The number of alkyl halides is 3. The molecule has 0 bridgehead atoms. The predicted molar refractivity (Wildman–Crippen MR) is 113 cm³/mol. The average Bonchev–Trinajstić information content (AvgIpc) is 2.98. The molecule has 4 nitrogen and oxygen atoms in total. The number of benzene rings is 1. The molecule has 10 heteroatoms. The van der Waals surface area contributed by atoms with E-state index in [0.29, 0.717) is 37.8 Å². The van der Waals surface area contributed by atoms with Crippen molar-refractivity contribution in [2.45, 2.75) is 30.9 Å². The number of nitrogens with zero attached hydrogens (tertiary/aromatic N) is 2. The zero-order chi connectivity index (χ0) is 19.2. The SMILES string of the molecule is CN=C(NCc1ccc(F)cc1CSC)NC1CCN(CC(F)(F)F)C1.I. The molecule has 0 saturated carbocycles. The highest BCUT2D eigenvalue weighted by molar-refractivity contribution is 14.0. The Morgan fingerprint density at radius 3 is 2.70 bits per heavy atom. The van der Waals surface area contributed by atoms with Gasteiger partial charge in [-0.2, -0.15) is 24.9 Å². The summed E-state index contributed by atoms with van der Waals surface area (Å²) < 4.78 is 50.8. The lowest BCUT2D eigenvalue weighted by molar-refractivity contribution is -0.143. The average molecular weight is 520 g/mol. The lowest BCUT2D eigenvalue weighted by Crippen LogP contribution is -2.45. The van der Waals surface area contributed by atoms with E-state index in [4.69, 9.17) is 0 Å². The van der Waals surface area contributed by atoms with Crippen molar-refractivity contribution in [1.82, 2.24) is 15.5 Å². The molecule has 154 valence electrons. The van der Waals surface area contributed by atoms with E-state index < -0.39 is 12.7 Å². The maximum absolute atomic E-state index is 13.4. The summed E-state index contributed by atoms with van der Waals surface area (Å²) in [4.78, 5) is 5.52. The van der Waals surface area contributed by atoms with E-state index in [1.54, 1.807) is 24.9 Å². The normalized spacial score (nSPS) is 18.3. The van der Waals surface area contributed by atoms with Crippen molar-refractivity contribution in [2.24, 2.45) is 4.99 Å². The number of nitrogens with one attached hydrogen (secondary N) is 2. The van der Waals surface area contributed by atoms with Gasteiger partial charge in [-0.3, -0.25) is 9.89 Å². The molecule has 1 aromatic rings. The van der Waals surface area contributed by atoms with Crippen LogP contribution >= 0.6 is 35.7 Å². The first-order valence-corrected chi connectivity index (χ1v) is 9.72. The molecule has 0 aromatic heterocycles. The van der Waals surface area contributed by atoms with Crippen LogP contribution in [0.1, 0.15) is 17.5 Å². The molecule has 1 atom stereocenters. The summed E-state index contributed by atoms with van der Waals surface area (Å²) in [5.74, 6) is 0.967. The van der Waals surface area contributed by atoms with Crippen LogP contribution < -0.4 is 10.6 Å². The number of rotatable bonds is 6. The maximum Gasteiger partial charge on any atom is 0.401 e. The number of aliphatic imine (C=N–C) groups is 1. The molecule has 2 N–H and O–H groups in total. The molecule has 0 aliphatic carbocycles. The summed E-state index contributed by atoms with van der Waals surface area (Å²) in [5.41, 5.74) is 1.88. The molecule has 1 saturated heterocycles. The Morgan fingerprint density at radius 1 is 1.33 bits per heavy atom. The van der Waals surface area contributed by atoms with E-state index in [1.165, 1.54) is 17.0 Å². The third kappa shape index (κ3) is 8.43. The molecule has 1 fully saturated rings. The van der Waals surface area contributed by atoms with Gasteiger partial charge in [0.15, 0.2) is 5.96 Å². The number of thioether (sulfide) groups is 1. The third-order valence-electron chi connectivity index (χ3n) is 4.15. The Bertz CT molecular complexity index is 627. The highest BCUT2D eigenvalue weighted by atomic mass is 127. The number of halogens is 5. The van der Waals surface area contributed by atoms with Gasteiger partial charge < -0.3 is 10.6 Å². The first-order valence-electron chi connectivity index (χ1n) is 8.33. The van der Waals surface area contributed by atoms with Crippen molar-refractivity contribution in [1.29, 1.82) is 0 Å². The van der Waals surface area contributed by atoms with Crippen LogP contribution in [0.3, 0.4) is 0 Å². The summed E-state index contributed by atoms with van der Waals surface area (Å²) in [6.45, 7) is 0.318. The van der Waals surface area contributed by atoms with E-state index in [9.17, 15) is 17.6 Å². The van der Waals surface area contributed by atoms with Crippen molar-refractivity contribution >= 4 is 41.7 Å². The van der Waals surface area contributed by atoms with Crippen LogP contribution in [0.25, 0.3) is 0 Å². The van der Waals surface area contributed by atoms with Gasteiger partial charge in [0.25, 0.3) is 0 Å². The standard InChI is InChI=1S/C17H24F4N4S.HI/c1-22-16(24-15-5-6-25(9-15)11-17(19,20)21)23-8-12-3-4-14(18)7-13(12)10-26-2;/h3-4,7,15H,5-6,8-11H2,1-2H3,(H2,22,23,24);1H. The fraction of sp³-hybridized carbons (Fsp3) is 0.588. The quantitative estimate of drug-likeness (QED) is 0.260. The fourth-order valence-corrected chi connectivity index (χ4v) is 3.55. The first-order chi connectivity index (χ1) is 12.3. The number of guanidine groups is 1. The number of hydrogen-bond donors (Lipinski definition) is 2. The zero-order valence-corrected chi connectivity index (χ0v) is 18.4. The monoisotopic (exact) mass is 520 g/mol. The van der Waals surface area contributed by atoms with Gasteiger partial charge in [0.05, 0.1) is 6.54 Å². The minimum atomic E-state index is -4.18. The molecule has 1 aromatic carbocycles. The third-order valence-corrected chi connectivity index (χ3v) is 4.75. The molecule has 1 aliphatic rings. The number of likely N-dealkylation sites (tertiary alicyclic amines) is 1. The Morgan fingerprint density at radius 2 is 2.07 bits per heavy atom. The second kappa shape index (κ2) is 11.3. The second-order valence-electron chi connectivity index (χ2n) is 6.25. The van der Waals surface area contributed by atoms with Crippen LogP contribution in [0, 0.1) is 5.82 Å². The predicted octanol–water partition coefficient (Wildman–Crippen LogP) is 3.61. The lowest BCUT2D eigenvalue weighted by atomic mass is 10.1. The van der Waals surface area contributed by atoms with Crippen LogP contribution in [-0.2, 0) is 12.3 Å². The smallest absolute Gasteiger partial charge is 0.352 e. The Hall–Kier alpha value is -0.750. The van der Waals surface area contributed by atoms with Crippen molar-refractivity contribution in [3.63, 3.8) is 0 Å². The van der Waals surface area contributed by atoms with Crippen molar-refractivity contribution in [2.75, 3.05) is 32.9 Å².